The van der Waals surface area contributed by atoms with Gasteiger partial charge in [0.2, 0.25) is 0 Å². The Balaban J connectivity index is 1.68. The highest BCUT2D eigenvalue weighted by atomic mass is 16.2. The lowest BCUT2D eigenvalue weighted by molar-refractivity contribution is 0.164. The number of urea groups is 1. The van der Waals surface area contributed by atoms with E-state index in [0.29, 0.717) is 6.54 Å². The van der Waals surface area contributed by atoms with Gasteiger partial charge < -0.3 is 15.1 Å². The summed E-state index contributed by atoms with van der Waals surface area (Å²) in [5, 5.41) is 2.95. The molecule has 0 saturated carbocycles. The highest BCUT2D eigenvalue weighted by Gasteiger charge is 2.22. The summed E-state index contributed by atoms with van der Waals surface area (Å²) in [6.07, 6.45) is 5.21. The Bertz CT molecular complexity index is 427. The number of likely N-dealkylation sites (tertiary alicyclic amines) is 1. The van der Waals surface area contributed by atoms with Crippen LogP contribution in [0.15, 0.2) is 24.4 Å². The highest BCUT2D eigenvalue weighted by Crippen LogP contribution is 2.20. The van der Waals surface area contributed by atoms with Crippen LogP contribution in [0.25, 0.3) is 0 Å². The maximum atomic E-state index is 12.1. The normalized spacial score (nSPS) is 16.2. The third-order valence-electron chi connectivity index (χ3n) is 4.03. The highest BCUT2D eigenvalue weighted by molar-refractivity contribution is 5.74. The van der Waals surface area contributed by atoms with Crippen molar-refractivity contribution in [3.05, 3.63) is 30.1 Å². The topological polar surface area (TPSA) is 48.5 Å². The van der Waals surface area contributed by atoms with Gasteiger partial charge in [-0.2, -0.15) is 0 Å². The first-order valence-electron chi connectivity index (χ1n) is 7.72. The minimum Gasteiger partial charge on any atom is -0.332 e. The molecule has 0 unspecified atom stereocenters. The molecule has 1 saturated heterocycles. The van der Waals surface area contributed by atoms with E-state index >= 15 is 0 Å². The fourth-order valence-corrected chi connectivity index (χ4v) is 2.65. The zero-order chi connectivity index (χ0) is 15.1. The lowest BCUT2D eigenvalue weighted by atomic mass is 9.93. The largest absolute Gasteiger partial charge is 0.332 e. The summed E-state index contributed by atoms with van der Waals surface area (Å²) in [6, 6.07) is 5.77. The van der Waals surface area contributed by atoms with Gasteiger partial charge in [-0.25, -0.2) is 4.79 Å². The molecule has 2 amide bonds. The van der Waals surface area contributed by atoms with Gasteiger partial charge in [0.05, 0.1) is 12.2 Å². The lowest BCUT2D eigenvalue weighted by Gasteiger charge is -2.32. The van der Waals surface area contributed by atoms with E-state index in [0.717, 1.165) is 44.1 Å². The number of rotatable bonds is 5. The molecule has 1 aliphatic rings. The number of hydrogen-bond acceptors (Lipinski definition) is 3. The second-order valence-electron chi connectivity index (χ2n) is 6.00. The summed E-state index contributed by atoms with van der Waals surface area (Å²) in [4.78, 5) is 20.5. The predicted octanol–water partition coefficient (Wildman–Crippen LogP) is 1.95. The van der Waals surface area contributed by atoms with Crippen molar-refractivity contribution in [1.82, 2.24) is 20.1 Å². The van der Waals surface area contributed by atoms with E-state index in [9.17, 15) is 4.79 Å². The Morgan fingerprint density at radius 2 is 2.14 bits per heavy atom. The van der Waals surface area contributed by atoms with Crippen molar-refractivity contribution in [3.8, 4) is 0 Å². The van der Waals surface area contributed by atoms with Crippen molar-refractivity contribution in [2.45, 2.75) is 25.8 Å². The average molecular weight is 290 g/mol. The Kier molecular flexibility index (Phi) is 5.99. The quantitative estimate of drug-likeness (QED) is 0.902. The van der Waals surface area contributed by atoms with Gasteiger partial charge in [-0.3, -0.25) is 4.98 Å². The minimum atomic E-state index is 0.0340. The lowest BCUT2D eigenvalue weighted by Crippen LogP contribution is -2.44. The zero-order valence-corrected chi connectivity index (χ0v) is 13.1. The Labute approximate surface area is 127 Å². The minimum absolute atomic E-state index is 0.0340. The predicted molar refractivity (Wildman–Crippen MR) is 83.9 cm³/mol. The molecule has 1 aromatic heterocycles. The molecule has 2 rings (SSSR count). The number of nitrogens with one attached hydrogen (secondary N) is 1. The van der Waals surface area contributed by atoms with Gasteiger partial charge >= 0.3 is 6.03 Å². The van der Waals surface area contributed by atoms with Crippen molar-refractivity contribution in [2.24, 2.45) is 5.92 Å². The molecule has 21 heavy (non-hydrogen) atoms. The maximum absolute atomic E-state index is 12.1. The first kappa shape index (κ1) is 15.8. The van der Waals surface area contributed by atoms with Crippen LogP contribution in [0.2, 0.25) is 0 Å². The fraction of sp³-hybridized carbons (Fsp3) is 0.625. The Morgan fingerprint density at radius 3 is 2.76 bits per heavy atom. The van der Waals surface area contributed by atoms with Gasteiger partial charge in [0.25, 0.3) is 0 Å². The van der Waals surface area contributed by atoms with Gasteiger partial charge in [0.1, 0.15) is 0 Å². The van der Waals surface area contributed by atoms with Crippen molar-refractivity contribution in [3.63, 3.8) is 0 Å². The van der Waals surface area contributed by atoms with Crippen LogP contribution in [-0.2, 0) is 6.54 Å². The molecule has 0 aliphatic carbocycles. The van der Waals surface area contributed by atoms with E-state index in [1.165, 1.54) is 6.42 Å². The monoisotopic (exact) mass is 290 g/mol. The molecule has 0 atom stereocenters. The number of amides is 2. The van der Waals surface area contributed by atoms with Crippen LogP contribution >= 0.6 is 0 Å². The molecule has 2 heterocycles. The molecule has 1 aliphatic heterocycles. The number of pyridine rings is 1. The Morgan fingerprint density at radius 1 is 1.38 bits per heavy atom. The number of carbonyl (C=O) groups is 1. The van der Waals surface area contributed by atoms with Crippen LogP contribution in [-0.4, -0.2) is 54.5 Å². The van der Waals surface area contributed by atoms with Crippen LogP contribution < -0.4 is 5.32 Å². The van der Waals surface area contributed by atoms with Gasteiger partial charge in [-0.05, 0) is 58.0 Å². The summed E-state index contributed by atoms with van der Waals surface area (Å²) >= 11 is 0. The first-order valence-corrected chi connectivity index (χ1v) is 7.72. The van der Waals surface area contributed by atoms with Crippen LogP contribution in [0.1, 0.15) is 25.0 Å². The van der Waals surface area contributed by atoms with Crippen molar-refractivity contribution in [1.29, 1.82) is 0 Å². The molecule has 1 fully saturated rings. The third kappa shape index (κ3) is 5.34. The van der Waals surface area contributed by atoms with E-state index in [1.807, 2.05) is 23.1 Å². The SMILES string of the molecule is CN(C)CCC1CCN(C(=O)NCc2ccccn2)CC1. The Hall–Kier alpha value is -1.62. The number of piperidine rings is 1. The number of nitrogens with zero attached hydrogens (tertiary/aromatic N) is 3. The number of carbonyl (C=O) groups excluding carboxylic acids is 1. The van der Waals surface area contributed by atoms with Crippen LogP contribution in [0, 0.1) is 5.92 Å². The molecule has 1 aromatic rings. The van der Waals surface area contributed by atoms with E-state index < -0.39 is 0 Å². The van der Waals surface area contributed by atoms with Gasteiger partial charge in [-0.1, -0.05) is 6.07 Å². The van der Waals surface area contributed by atoms with E-state index in [1.54, 1.807) is 6.20 Å². The molecule has 0 radical (unpaired) electrons. The molecule has 0 aromatic carbocycles. The summed E-state index contributed by atoms with van der Waals surface area (Å²) in [7, 11) is 4.22. The van der Waals surface area contributed by atoms with Gasteiger partial charge in [0, 0.05) is 19.3 Å². The second kappa shape index (κ2) is 7.98. The van der Waals surface area contributed by atoms with E-state index in [-0.39, 0.29) is 6.03 Å². The summed E-state index contributed by atoms with van der Waals surface area (Å²) in [5.41, 5.74) is 0.895. The fourth-order valence-electron chi connectivity index (χ4n) is 2.65. The van der Waals surface area contributed by atoms with E-state index in [4.69, 9.17) is 0 Å². The zero-order valence-electron chi connectivity index (χ0n) is 13.1. The van der Waals surface area contributed by atoms with Crippen molar-refractivity contribution >= 4 is 6.03 Å². The summed E-state index contributed by atoms with van der Waals surface area (Å²) in [5.74, 6) is 0.757. The molecule has 5 heteroatoms. The summed E-state index contributed by atoms with van der Waals surface area (Å²) in [6.45, 7) is 3.37. The molecule has 0 bridgehead atoms. The van der Waals surface area contributed by atoms with Gasteiger partial charge in [-0.15, -0.1) is 0 Å². The number of aromatic nitrogens is 1. The molecular formula is C16H26N4O. The van der Waals surface area contributed by atoms with Crippen molar-refractivity contribution in [2.75, 3.05) is 33.7 Å². The number of hydrogen-bond donors (Lipinski definition) is 1. The molecule has 1 N–H and O–H groups in total. The van der Waals surface area contributed by atoms with Crippen LogP contribution in [0.5, 0.6) is 0 Å². The third-order valence-corrected chi connectivity index (χ3v) is 4.03. The second-order valence-corrected chi connectivity index (χ2v) is 6.00. The van der Waals surface area contributed by atoms with Crippen LogP contribution in [0.4, 0.5) is 4.79 Å². The molecular weight excluding hydrogens is 264 g/mol. The molecule has 116 valence electrons. The molecule has 5 nitrogen and oxygen atoms in total. The van der Waals surface area contributed by atoms with Crippen molar-refractivity contribution < 1.29 is 4.79 Å². The van der Waals surface area contributed by atoms with Crippen LogP contribution in [0.3, 0.4) is 0 Å². The van der Waals surface area contributed by atoms with E-state index in [2.05, 4.69) is 29.3 Å². The summed E-state index contributed by atoms with van der Waals surface area (Å²) < 4.78 is 0. The maximum Gasteiger partial charge on any atom is 0.317 e. The van der Waals surface area contributed by atoms with Gasteiger partial charge in [0.15, 0.2) is 0 Å². The molecule has 0 spiro atoms. The average Bonchev–Trinajstić information content (AvgIpc) is 2.52. The standard InChI is InChI=1S/C16H26N4O/c1-19(2)10-6-14-7-11-20(12-8-14)16(21)18-13-15-5-3-4-9-17-15/h3-5,9,14H,6-8,10-13H2,1-2H3,(H,18,21). The first-order chi connectivity index (χ1) is 10.1. The smallest absolute Gasteiger partial charge is 0.317 e.